The summed E-state index contributed by atoms with van der Waals surface area (Å²) in [6.07, 6.45) is 7.31. The highest BCUT2D eigenvalue weighted by molar-refractivity contribution is 6.35. The van der Waals surface area contributed by atoms with Gasteiger partial charge in [0.1, 0.15) is 0 Å². The topological polar surface area (TPSA) is 12.0 Å². The van der Waals surface area contributed by atoms with Gasteiger partial charge in [-0.05, 0) is 56.3 Å². The van der Waals surface area contributed by atoms with Crippen LogP contribution >= 0.6 is 23.2 Å². The molecule has 0 aliphatic rings. The lowest BCUT2D eigenvalue weighted by atomic mass is 10.0. The second kappa shape index (κ2) is 9.41. The highest BCUT2D eigenvalue weighted by Gasteiger charge is 2.13. The van der Waals surface area contributed by atoms with Crippen LogP contribution in [0, 0.1) is 0 Å². The Kier molecular flexibility index (Phi) is 8.20. The molecule has 1 N–H and O–H groups in total. The summed E-state index contributed by atoms with van der Waals surface area (Å²) in [6.45, 7) is 6.97. The van der Waals surface area contributed by atoms with Crippen molar-refractivity contribution >= 4 is 23.2 Å². The van der Waals surface area contributed by atoms with Crippen LogP contribution in [-0.2, 0) is 6.42 Å². The minimum absolute atomic E-state index is 0.428. The van der Waals surface area contributed by atoms with Crippen molar-refractivity contribution in [1.82, 2.24) is 5.32 Å². The Labute approximate surface area is 127 Å². The highest BCUT2D eigenvalue weighted by Crippen LogP contribution is 2.26. The van der Waals surface area contributed by atoms with Crippen molar-refractivity contribution in [1.29, 1.82) is 0 Å². The van der Waals surface area contributed by atoms with Gasteiger partial charge in [0, 0.05) is 16.1 Å². The molecule has 0 aliphatic heterocycles. The van der Waals surface area contributed by atoms with E-state index in [0.717, 1.165) is 54.3 Å². The van der Waals surface area contributed by atoms with Crippen LogP contribution in [-0.4, -0.2) is 12.6 Å². The summed E-state index contributed by atoms with van der Waals surface area (Å²) in [5, 5.41) is 5.11. The molecule has 0 saturated heterocycles. The molecule has 0 spiro atoms. The molecule has 19 heavy (non-hydrogen) atoms. The van der Waals surface area contributed by atoms with Crippen LogP contribution in [0.5, 0.6) is 0 Å². The molecule has 0 heterocycles. The third kappa shape index (κ3) is 5.99. The Balaban J connectivity index is 2.66. The van der Waals surface area contributed by atoms with Gasteiger partial charge in [0.05, 0.1) is 0 Å². The van der Waals surface area contributed by atoms with E-state index in [1.807, 2.05) is 24.3 Å². The molecule has 1 nitrogen and oxygen atoms in total. The van der Waals surface area contributed by atoms with Crippen molar-refractivity contribution < 1.29 is 0 Å². The van der Waals surface area contributed by atoms with E-state index in [1.54, 1.807) is 0 Å². The zero-order chi connectivity index (χ0) is 14.1. The number of benzene rings is 1. The zero-order valence-electron chi connectivity index (χ0n) is 11.6. The molecule has 1 unspecified atom stereocenters. The molecular formula is C16H23Cl2N. The maximum atomic E-state index is 6.24. The molecule has 106 valence electrons. The minimum Gasteiger partial charge on any atom is -0.314 e. The fourth-order valence-corrected chi connectivity index (χ4v) is 2.66. The molecule has 0 aromatic heterocycles. The van der Waals surface area contributed by atoms with E-state index in [9.17, 15) is 0 Å². The second-order valence-corrected chi connectivity index (χ2v) is 5.59. The zero-order valence-corrected chi connectivity index (χ0v) is 13.1. The van der Waals surface area contributed by atoms with E-state index < -0.39 is 0 Å². The van der Waals surface area contributed by atoms with Gasteiger partial charge in [-0.1, -0.05) is 42.3 Å². The molecule has 1 aromatic rings. The van der Waals surface area contributed by atoms with Gasteiger partial charge < -0.3 is 5.32 Å². The lowest BCUT2D eigenvalue weighted by Gasteiger charge is -2.19. The normalized spacial score (nSPS) is 12.4. The number of allylic oxidation sites excluding steroid dienone is 1. The largest absolute Gasteiger partial charge is 0.314 e. The van der Waals surface area contributed by atoms with Crippen LogP contribution in [0.4, 0.5) is 0 Å². The number of hydrogen-bond donors (Lipinski definition) is 1. The third-order valence-electron chi connectivity index (χ3n) is 3.16. The van der Waals surface area contributed by atoms with Gasteiger partial charge in [-0.25, -0.2) is 0 Å². The predicted octanol–water partition coefficient (Wildman–Crippen LogP) is 5.26. The molecule has 1 rings (SSSR count). The lowest BCUT2D eigenvalue weighted by molar-refractivity contribution is 0.466. The van der Waals surface area contributed by atoms with Crippen molar-refractivity contribution in [3.05, 3.63) is 46.5 Å². The average molecular weight is 300 g/mol. The van der Waals surface area contributed by atoms with Crippen molar-refractivity contribution in [2.24, 2.45) is 0 Å². The van der Waals surface area contributed by atoms with E-state index in [-0.39, 0.29) is 0 Å². The Hall–Kier alpha value is -0.500. The Morgan fingerprint density at radius 1 is 1.32 bits per heavy atom. The van der Waals surface area contributed by atoms with Gasteiger partial charge >= 0.3 is 0 Å². The maximum Gasteiger partial charge on any atom is 0.0453 e. The molecule has 0 fully saturated rings. The monoisotopic (exact) mass is 299 g/mol. The SMILES string of the molecule is C=CCCCC(Cc1c(Cl)cccc1Cl)NCCC. The fraction of sp³-hybridized carbons (Fsp3) is 0.500. The lowest BCUT2D eigenvalue weighted by Crippen LogP contribution is -2.32. The number of unbranched alkanes of at least 4 members (excludes halogenated alkanes) is 1. The van der Waals surface area contributed by atoms with Crippen molar-refractivity contribution in [3.63, 3.8) is 0 Å². The standard InChI is InChI=1S/C16H23Cl2N/c1-3-5-6-8-13(19-11-4-2)12-14-15(17)9-7-10-16(14)18/h3,7,9-10,13,19H,1,4-6,8,11-12H2,2H3. The molecular weight excluding hydrogens is 277 g/mol. The van der Waals surface area contributed by atoms with Crippen molar-refractivity contribution in [3.8, 4) is 0 Å². The summed E-state index contributed by atoms with van der Waals surface area (Å²) in [4.78, 5) is 0. The molecule has 0 radical (unpaired) electrons. The summed E-state index contributed by atoms with van der Waals surface area (Å²) in [7, 11) is 0. The first-order chi connectivity index (χ1) is 9.19. The summed E-state index contributed by atoms with van der Waals surface area (Å²) in [5.74, 6) is 0. The Morgan fingerprint density at radius 3 is 2.58 bits per heavy atom. The van der Waals surface area contributed by atoms with Gasteiger partial charge in [-0.15, -0.1) is 6.58 Å². The fourth-order valence-electron chi connectivity index (χ4n) is 2.11. The van der Waals surface area contributed by atoms with Crippen LogP contribution in [0.3, 0.4) is 0 Å². The molecule has 0 amide bonds. The Morgan fingerprint density at radius 2 is 2.00 bits per heavy atom. The van der Waals surface area contributed by atoms with E-state index in [1.165, 1.54) is 0 Å². The molecule has 1 aromatic carbocycles. The van der Waals surface area contributed by atoms with Crippen LogP contribution in [0.1, 0.15) is 38.2 Å². The summed E-state index contributed by atoms with van der Waals surface area (Å²) in [5.41, 5.74) is 1.05. The molecule has 0 saturated carbocycles. The molecule has 0 aliphatic carbocycles. The smallest absolute Gasteiger partial charge is 0.0453 e. The first-order valence-corrected chi connectivity index (χ1v) is 7.71. The van der Waals surface area contributed by atoms with Gasteiger partial charge in [-0.2, -0.15) is 0 Å². The van der Waals surface area contributed by atoms with E-state index in [2.05, 4.69) is 18.8 Å². The van der Waals surface area contributed by atoms with Crippen LogP contribution in [0.15, 0.2) is 30.9 Å². The number of hydrogen-bond acceptors (Lipinski definition) is 1. The molecule has 1 atom stereocenters. The highest BCUT2D eigenvalue weighted by atomic mass is 35.5. The maximum absolute atomic E-state index is 6.24. The van der Waals surface area contributed by atoms with E-state index in [0.29, 0.717) is 6.04 Å². The molecule has 0 bridgehead atoms. The summed E-state index contributed by atoms with van der Waals surface area (Å²) >= 11 is 12.5. The average Bonchev–Trinajstić information content (AvgIpc) is 2.39. The first kappa shape index (κ1) is 16.6. The van der Waals surface area contributed by atoms with E-state index >= 15 is 0 Å². The predicted molar refractivity (Wildman–Crippen MR) is 86.3 cm³/mol. The van der Waals surface area contributed by atoms with E-state index in [4.69, 9.17) is 23.2 Å². The van der Waals surface area contributed by atoms with Crippen molar-refractivity contribution in [2.45, 2.75) is 45.1 Å². The van der Waals surface area contributed by atoms with Gasteiger partial charge in [0.25, 0.3) is 0 Å². The second-order valence-electron chi connectivity index (χ2n) is 4.77. The van der Waals surface area contributed by atoms with Crippen molar-refractivity contribution in [2.75, 3.05) is 6.54 Å². The number of halogens is 2. The van der Waals surface area contributed by atoms with Gasteiger partial charge in [0.2, 0.25) is 0 Å². The Bertz CT molecular complexity index is 370. The van der Waals surface area contributed by atoms with Gasteiger partial charge in [-0.3, -0.25) is 0 Å². The van der Waals surface area contributed by atoms with Crippen LogP contribution in [0.25, 0.3) is 0 Å². The summed E-state index contributed by atoms with van der Waals surface area (Å²) in [6, 6.07) is 6.13. The quantitative estimate of drug-likeness (QED) is 0.484. The number of rotatable bonds is 9. The van der Waals surface area contributed by atoms with Crippen LogP contribution < -0.4 is 5.32 Å². The first-order valence-electron chi connectivity index (χ1n) is 6.96. The minimum atomic E-state index is 0.428. The summed E-state index contributed by atoms with van der Waals surface area (Å²) < 4.78 is 0. The molecule has 3 heteroatoms. The number of nitrogens with one attached hydrogen (secondary N) is 1. The van der Waals surface area contributed by atoms with Crippen LogP contribution in [0.2, 0.25) is 10.0 Å². The third-order valence-corrected chi connectivity index (χ3v) is 3.86. The van der Waals surface area contributed by atoms with Gasteiger partial charge in [0.15, 0.2) is 0 Å².